The average Bonchev–Trinajstić information content (AvgIpc) is 3.42. The predicted molar refractivity (Wildman–Crippen MR) is 329 cm³/mol. The second-order valence-corrected chi connectivity index (χ2v) is 20.2. The van der Waals surface area contributed by atoms with Crippen molar-refractivity contribution in [2.75, 3.05) is 13.2 Å². The molecule has 6 nitrogen and oxygen atoms in total. The van der Waals surface area contributed by atoms with Crippen molar-refractivity contribution in [3.05, 3.63) is 134 Å². The van der Waals surface area contributed by atoms with E-state index in [9.17, 15) is 14.4 Å². The summed E-state index contributed by atoms with van der Waals surface area (Å²) in [5, 5.41) is 0. The Morgan fingerprint density at radius 2 is 0.513 bits per heavy atom. The zero-order valence-electron chi connectivity index (χ0n) is 49.2. The van der Waals surface area contributed by atoms with E-state index in [0.29, 0.717) is 19.3 Å². The van der Waals surface area contributed by atoms with Crippen LogP contribution >= 0.6 is 0 Å². The maximum absolute atomic E-state index is 12.8. The number of unbranched alkanes of at least 4 members (excludes halogenated alkanes) is 22. The summed E-state index contributed by atoms with van der Waals surface area (Å²) in [6.45, 7) is 6.34. The first-order valence-corrected chi connectivity index (χ1v) is 31.2. The van der Waals surface area contributed by atoms with Crippen LogP contribution in [0.3, 0.4) is 0 Å². The summed E-state index contributed by atoms with van der Waals surface area (Å²) in [6, 6.07) is 0. The predicted octanol–water partition coefficient (Wildman–Crippen LogP) is 21.4. The molecule has 0 aromatic rings. The second-order valence-electron chi connectivity index (χ2n) is 20.2. The molecule has 0 aromatic carbocycles. The summed E-state index contributed by atoms with van der Waals surface area (Å²) in [6.07, 6.45) is 89.2. The van der Waals surface area contributed by atoms with Gasteiger partial charge in [0.2, 0.25) is 0 Å². The van der Waals surface area contributed by atoms with E-state index in [2.05, 4.69) is 154 Å². The molecule has 0 saturated carbocycles. The molecule has 0 heterocycles. The number of rotatable bonds is 55. The van der Waals surface area contributed by atoms with Crippen molar-refractivity contribution in [3.63, 3.8) is 0 Å². The number of carbonyl (C=O) groups excluding carboxylic acids is 3. The van der Waals surface area contributed by atoms with Gasteiger partial charge in [-0.25, -0.2) is 0 Å². The lowest BCUT2D eigenvalue weighted by Gasteiger charge is -2.18. The van der Waals surface area contributed by atoms with Crippen molar-refractivity contribution in [2.45, 2.75) is 277 Å². The molecule has 1 unspecified atom stereocenters. The third-order valence-electron chi connectivity index (χ3n) is 12.9. The maximum atomic E-state index is 12.8. The third kappa shape index (κ3) is 60.4. The first-order chi connectivity index (χ1) is 37.5. The molecule has 0 amide bonds. The van der Waals surface area contributed by atoms with Gasteiger partial charge in [-0.1, -0.05) is 270 Å². The van der Waals surface area contributed by atoms with Gasteiger partial charge in [-0.15, -0.1) is 0 Å². The zero-order valence-corrected chi connectivity index (χ0v) is 49.2. The fraction of sp³-hybridized carbons (Fsp3) is 0.643. The van der Waals surface area contributed by atoms with Crippen molar-refractivity contribution in [3.8, 4) is 0 Å². The molecule has 0 aliphatic carbocycles. The molecule has 0 aliphatic rings. The van der Waals surface area contributed by atoms with E-state index in [1.165, 1.54) is 89.9 Å². The number of hydrogen-bond acceptors (Lipinski definition) is 6. The number of carbonyl (C=O) groups is 3. The lowest BCUT2D eigenvalue weighted by atomic mass is 10.0. The van der Waals surface area contributed by atoms with Crippen LogP contribution in [0.4, 0.5) is 0 Å². The smallest absolute Gasteiger partial charge is 0.306 e. The third-order valence-corrected chi connectivity index (χ3v) is 12.9. The lowest BCUT2D eigenvalue weighted by Crippen LogP contribution is -2.30. The largest absolute Gasteiger partial charge is 0.462 e. The van der Waals surface area contributed by atoms with Gasteiger partial charge >= 0.3 is 17.9 Å². The van der Waals surface area contributed by atoms with Crippen LogP contribution in [0.1, 0.15) is 271 Å². The normalized spacial score (nSPS) is 13.0. The van der Waals surface area contributed by atoms with Crippen LogP contribution in [0.25, 0.3) is 0 Å². The first-order valence-electron chi connectivity index (χ1n) is 31.2. The number of allylic oxidation sites excluding steroid dienone is 22. The van der Waals surface area contributed by atoms with E-state index in [-0.39, 0.29) is 31.1 Å². The molecule has 1 atom stereocenters. The van der Waals surface area contributed by atoms with Crippen molar-refractivity contribution in [2.24, 2.45) is 0 Å². The first kappa shape index (κ1) is 71.5. The van der Waals surface area contributed by atoms with E-state index >= 15 is 0 Å². The van der Waals surface area contributed by atoms with Crippen LogP contribution in [-0.2, 0) is 28.6 Å². The van der Waals surface area contributed by atoms with Gasteiger partial charge in [-0.05, 0) is 116 Å². The van der Waals surface area contributed by atoms with Gasteiger partial charge < -0.3 is 14.2 Å². The molecule has 6 heteroatoms. The summed E-state index contributed by atoms with van der Waals surface area (Å²) in [7, 11) is 0. The quantitative estimate of drug-likeness (QED) is 0.0261. The summed E-state index contributed by atoms with van der Waals surface area (Å²) in [5.41, 5.74) is 0. The van der Waals surface area contributed by atoms with Crippen molar-refractivity contribution >= 4 is 17.9 Å². The van der Waals surface area contributed by atoms with Crippen LogP contribution in [0.2, 0.25) is 0 Å². The Morgan fingerprint density at radius 3 is 0.803 bits per heavy atom. The molecule has 76 heavy (non-hydrogen) atoms. The average molecular weight is 1050 g/mol. The highest BCUT2D eigenvalue weighted by molar-refractivity contribution is 5.71. The second kappa shape index (κ2) is 63.1. The minimum Gasteiger partial charge on any atom is -0.462 e. The van der Waals surface area contributed by atoms with Gasteiger partial charge in [0.1, 0.15) is 13.2 Å². The Labute approximate surface area is 468 Å². The highest BCUT2D eigenvalue weighted by atomic mass is 16.6. The molecule has 0 aliphatic heterocycles. The minimum absolute atomic E-state index is 0.0867. The Kier molecular flexibility index (Phi) is 59.4. The lowest BCUT2D eigenvalue weighted by molar-refractivity contribution is -0.167. The van der Waals surface area contributed by atoms with Gasteiger partial charge in [0.15, 0.2) is 6.10 Å². The van der Waals surface area contributed by atoms with E-state index < -0.39 is 6.10 Å². The maximum Gasteiger partial charge on any atom is 0.306 e. The molecule has 0 saturated heterocycles. The van der Waals surface area contributed by atoms with Crippen LogP contribution in [0.15, 0.2) is 134 Å². The van der Waals surface area contributed by atoms with Crippen molar-refractivity contribution in [1.29, 1.82) is 0 Å². The Bertz CT molecular complexity index is 1630. The molecule has 0 radical (unpaired) electrons. The fourth-order valence-corrected chi connectivity index (χ4v) is 8.30. The Morgan fingerprint density at radius 1 is 0.276 bits per heavy atom. The molecule has 0 aromatic heterocycles. The summed E-state index contributed by atoms with van der Waals surface area (Å²) >= 11 is 0. The number of esters is 3. The highest BCUT2D eigenvalue weighted by Gasteiger charge is 2.19. The van der Waals surface area contributed by atoms with E-state index in [4.69, 9.17) is 14.2 Å². The topological polar surface area (TPSA) is 78.9 Å². The minimum atomic E-state index is -0.787. The van der Waals surface area contributed by atoms with Crippen LogP contribution in [-0.4, -0.2) is 37.2 Å². The van der Waals surface area contributed by atoms with Crippen LogP contribution in [0, 0.1) is 0 Å². The van der Waals surface area contributed by atoms with Gasteiger partial charge in [-0.3, -0.25) is 14.4 Å². The Balaban J connectivity index is 4.11. The Hall–Kier alpha value is -4.45. The standard InChI is InChI=1S/C70H114O6/c1-4-7-10-13-16-18-20-22-24-26-28-29-30-31-32-33-34-35-36-37-38-39-40-41-43-44-46-48-50-52-54-57-60-63-69(72)75-66-67(65-74-68(71)62-59-56-15-12-9-6-3)76-70(73)64-61-58-55-53-51-49-47-45-42-27-25-23-21-19-17-14-11-8-5-2/h7-8,10-11,16-19,22-25,28-29,31-32,34-35,37-38,42,45,67H,4-6,9,12-15,20-21,26-27,30,33,36,39-41,43-44,46-66H2,1-3H3/b10-7-,11-8-,18-16-,19-17-,24-22-,25-23-,29-28-,32-31-,35-34-,38-37-,45-42-. The number of hydrogen-bond donors (Lipinski definition) is 0. The highest BCUT2D eigenvalue weighted by Crippen LogP contribution is 2.15. The fourth-order valence-electron chi connectivity index (χ4n) is 8.30. The van der Waals surface area contributed by atoms with Crippen molar-refractivity contribution < 1.29 is 28.6 Å². The van der Waals surface area contributed by atoms with Gasteiger partial charge in [-0.2, -0.15) is 0 Å². The molecule has 0 bridgehead atoms. The molecule has 430 valence electrons. The number of ether oxygens (including phenoxy) is 3. The van der Waals surface area contributed by atoms with Crippen molar-refractivity contribution in [1.82, 2.24) is 0 Å². The summed E-state index contributed by atoms with van der Waals surface area (Å²) in [4.78, 5) is 38.0. The van der Waals surface area contributed by atoms with Gasteiger partial charge in [0.05, 0.1) is 0 Å². The van der Waals surface area contributed by atoms with E-state index in [1.54, 1.807) is 0 Å². The van der Waals surface area contributed by atoms with Gasteiger partial charge in [0, 0.05) is 19.3 Å². The van der Waals surface area contributed by atoms with E-state index in [0.717, 1.165) is 141 Å². The van der Waals surface area contributed by atoms with E-state index in [1.807, 2.05) is 0 Å². The molecular weight excluding hydrogens is 937 g/mol. The zero-order chi connectivity index (χ0) is 55.0. The SMILES string of the molecule is CC/C=C\C/C=C\C/C=C\C/C=C\C/C=C\C/C=C\C/C=C\CCCCCCCCCCCCCC(=O)OCC(COC(=O)CCCCCCCC)OC(=O)CCCCCCCC/C=C\C/C=C\C/C=C\C/C=C\CC. The molecule has 0 N–H and O–H groups in total. The van der Waals surface area contributed by atoms with Gasteiger partial charge in [0.25, 0.3) is 0 Å². The summed E-state index contributed by atoms with van der Waals surface area (Å²) < 4.78 is 16.8. The molecule has 0 fully saturated rings. The molecular formula is C70H114O6. The van der Waals surface area contributed by atoms with Crippen LogP contribution < -0.4 is 0 Å². The molecule has 0 rings (SSSR count). The monoisotopic (exact) mass is 1050 g/mol. The molecule has 0 spiro atoms. The van der Waals surface area contributed by atoms with Crippen LogP contribution in [0.5, 0.6) is 0 Å². The summed E-state index contributed by atoms with van der Waals surface area (Å²) in [5.74, 6) is -0.914.